The van der Waals surface area contributed by atoms with Crippen LogP contribution in [0.5, 0.6) is 0 Å². The van der Waals surface area contributed by atoms with Gasteiger partial charge in [-0.1, -0.05) is 50.1 Å². The highest BCUT2D eigenvalue weighted by molar-refractivity contribution is 5.29. The molecule has 0 aromatic heterocycles. The number of aryl methyl sites for hydroxylation is 2. The average molecular weight is 287 g/mol. The fraction of sp³-hybridized carbons (Fsp3) is 0.700. The molecule has 0 aliphatic heterocycles. The van der Waals surface area contributed by atoms with Gasteiger partial charge in [-0.15, -0.1) is 0 Å². The zero-order chi connectivity index (χ0) is 15.4. The standard InChI is InChI=1S/C20H33N/c1-6-21-20(19-11-16(4)8-17(5)12-19)13-18-9-14(2)7-15(3)10-18/h7,9-10,16-17,19-21H,6,8,11-13H2,1-5H3. The largest absolute Gasteiger partial charge is 0.314 e. The first-order valence-corrected chi connectivity index (χ1v) is 8.78. The van der Waals surface area contributed by atoms with Gasteiger partial charge in [0.05, 0.1) is 0 Å². The zero-order valence-corrected chi connectivity index (χ0v) is 14.6. The van der Waals surface area contributed by atoms with E-state index < -0.39 is 0 Å². The van der Waals surface area contributed by atoms with Gasteiger partial charge in [0, 0.05) is 6.04 Å². The molecule has 3 unspecified atom stereocenters. The van der Waals surface area contributed by atoms with Crippen LogP contribution in [0.3, 0.4) is 0 Å². The van der Waals surface area contributed by atoms with Crippen molar-refractivity contribution in [1.82, 2.24) is 5.32 Å². The van der Waals surface area contributed by atoms with Gasteiger partial charge in [0.1, 0.15) is 0 Å². The Morgan fingerprint density at radius 3 is 2.10 bits per heavy atom. The molecule has 1 nitrogen and oxygen atoms in total. The fourth-order valence-electron chi connectivity index (χ4n) is 4.45. The predicted octanol–water partition coefficient (Wildman–Crippen LogP) is 4.90. The summed E-state index contributed by atoms with van der Waals surface area (Å²) in [4.78, 5) is 0. The SMILES string of the molecule is CCNC(Cc1cc(C)cc(C)c1)C1CC(C)CC(C)C1. The molecular weight excluding hydrogens is 254 g/mol. The van der Waals surface area contributed by atoms with Gasteiger partial charge >= 0.3 is 0 Å². The Balaban J connectivity index is 2.10. The first kappa shape index (κ1) is 16.5. The molecule has 1 N–H and O–H groups in total. The summed E-state index contributed by atoms with van der Waals surface area (Å²) in [6.45, 7) is 12.6. The minimum atomic E-state index is 0.640. The molecule has 1 saturated carbocycles. The number of nitrogens with one attached hydrogen (secondary N) is 1. The second-order valence-electron chi connectivity index (χ2n) is 7.54. The van der Waals surface area contributed by atoms with Crippen LogP contribution in [0.25, 0.3) is 0 Å². The van der Waals surface area contributed by atoms with Crippen LogP contribution in [0, 0.1) is 31.6 Å². The van der Waals surface area contributed by atoms with Crippen molar-refractivity contribution in [3.63, 3.8) is 0 Å². The van der Waals surface area contributed by atoms with Crippen molar-refractivity contribution >= 4 is 0 Å². The van der Waals surface area contributed by atoms with Crippen molar-refractivity contribution in [1.29, 1.82) is 0 Å². The van der Waals surface area contributed by atoms with Gasteiger partial charge in [0.25, 0.3) is 0 Å². The number of likely N-dealkylation sites (N-methyl/N-ethyl adjacent to an activating group) is 1. The molecule has 2 rings (SSSR count). The number of benzene rings is 1. The van der Waals surface area contributed by atoms with Gasteiger partial charge < -0.3 is 5.32 Å². The summed E-state index contributed by atoms with van der Waals surface area (Å²) in [6.07, 6.45) is 5.39. The normalized spacial score (nSPS) is 27.6. The lowest BCUT2D eigenvalue weighted by atomic mass is 9.72. The lowest BCUT2D eigenvalue weighted by molar-refractivity contribution is 0.176. The molecule has 0 radical (unpaired) electrons. The molecule has 1 aromatic carbocycles. The summed E-state index contributed by atoms with van der Waals surface area (Å²) in [5.41, 5.74) is 4.29. The van der Waals surface area contributed by atoms with E-state index in [4.69, 9.17) is 0 Å². The number of hydrogen-bond acceptors (Lipinski definition) is 1. The topological polar surface area (TPSA) is 12.0 Å². The third kappa shape index (κ3) is 4.85. The Hall–Kier alpha value is -0.820. The third-order valence-corrected chi connectivity index (χ3v) is 4.99. The van der Waals surface area contributed by atoms with Crippen molar-refractivity contribution < 1.29 is 0 Å². The molecule has 1 aliphatic carbocycles. The van der Waals surface area contributed by atoms with E-state index in [1.165, 1.54) is 42.4 Å². The highest BCUT2D eigenvalue weighted by Crippen LogP contribution is 2.35. The highest BCUT2D eigenvalue weighted by Gasteiger charge is 2.29. The van der Waals surface area contributed by atoms with Gasteiger partial charge in [-0.25, -0.2) is 0 Å². The number of hydrogen-bond donors (Lipinski definition) is 1. The molecule has 21 heavy (non-hydrogen) atoms. The second kappa shape index (κ2) is 7.45. The van der Waals surface area contributed by atoms with E-state index in [2.05, 4.69) is 58.1 Å². The molecule has 0 saturated heterocycles. The van der Waals surface area contributed by atoms with E-state index >= 15 is 0 Å². The highest BCUT2D eigenvalue weighted by atomic mass is 14.9. The Labute approximate surface area is 131 Å². The van der Waals surface area contributed by atoms with Crippen LogP contribution in [0.15, 0.2) is 18.2 Å². The van der Waals surface area contributed by atoms with Gasteiger partial charge in [-0.2, -0.15) is 0 Å². The Morgan fingerprint density at radius 1 is 1.00 bits per heavy atom. The molecule has 3 atom stereocenters. The van der Waals surface area contributed by atoms with Crippen LogP contribution in [0.4, 0.5) is 0 Å². The lowest BCUT2D eigenvalue weighted by Crippen LogP contribution is -2.41. The van der Waals surface area contributed by atoms with Crippen molar-refractivity contribution in [2.75, 3.05) is 6.54 Å². The van der Waals surface area contributed by atoms with Crippen molar-refractivity contribution in [2.45, 2.75) is 66.3 Å². The van der Waals surface area contributed by atoms with Gasteiger partial charge in [0.15, 0.2) is 0 Å². The first-order chi connectivity index (χ1) is 9.97. The molecule has 0 amide bonds. The molecule has 1 fully saturated rings. The molecule has 1 aromatic rings. The van der Waals surface area contributed by atoms with Crippen LogP contribution < -0.4 is 5.32 Å². The summed E-state index contributed by atoms with van der Waals surface area (Å²) in [7, 11) is 0. The van der Waals surface area contributed by atoms with Crippen LogP contribution >= 0.6 is 0 Å². The summed E-state index contributed by atoms with van der Waals surface area (Å²) >= 11 is 0. The Bertz CT molecular complexity index is 421. The quantitative estimate of drug-likeness (QED) is 0.812. The van der Waals surface area contributed by atoms with E-state index in [0.29, 0.717) is 6.04 Å². The van der Waals surface area contributed by atoms with Crippen molar-refractivity contribution in [3.05, 3.63) is 34.9 Å². The van der Waals surface area contributed by atoms with Crippen LogP contribution in [0.2, 0.25) is 0 Å². The minimum absolute atomic E-state index is 0.640. The van der Waals surface area contributed by atoms with E-state index in [0.717, 1.165) is 24.3 Å². The Morgan fingerprint density at radius 2 is 1.57 bits per heavy atom. The summed E-state index contributed by atoms with van der Waals surface area (Å²) in [5.74, 6) is 2.61. The minimum Gasteiger partial charge on any atom is -0.314 e. The van der Waals surface area contributed by atoms with Crippen LogP contribution in [-0.4, -0.2) is 12.6 Å². The van der Waals surface area contributed by atoms with Crippen molar-refractivity contribution in [3.8, 4) is 0 Å². The molecule has 0 spiro atoms. The zero-order valence-electron chi connectivity index (χ0n) is 14.6. The smallest absolute Gasteiger partial charge is 0.0136 e. The fourth-order valence-corrected chi connectivity index (χ4v) is 4.45. The molecule has 0 bridgehead atoms. The maximum absolute atomic E-state index is 3.78. The monoisotopic (exact) mass is 287 g/mol. The molecule has 0 heterocycles. The van der Waals surface area contributed by atoms with Gasteiger partial charge in [-0.3, -0.25) is 0 Å². The van der Waals surface area contributed by atoms with E-state index in [1.807, 2.05) is 0 Å². The lowest BCUT2D eigenvalue weighted by Gasteiger charge is -2.37. The van der Waals surface area contributed by atoms with Crippen LogP contribution in [-0.2, 0) is 6.42 Å². The van der Waals surface area contributed by atoms with E-state index in [9.17, 15) is 0 Å². The molecular formula is C20H33N. The maximum Gasteiger partial charge on any atom is 0.0136 e. The number of rotatable bonds is 5. The maximum atomic E-state index is 3.78. The summed E-state index contributed by atoms with van der Waals surface area (Å²) < 4.78 is 0. The molecule has 1 aliphatic rings. The summed E-state index contributed by atoms with van der Waals surface area (Å²) in [6, 6.07) is 7.65. The second-order valence-corrected chi connectivity index (χ2v) is 7.54. The van der Waals surface area contributed by atoms with Crippen molar-refractivity contribution in [2.24, 2.45) is 17.8 Å². The molecule has 118 valence electrons. The van der Waals surface area contributed by atoms with E-state index in [-0.39, 0.29) is 0 Å². The third-order valence-electron chi connectivity index (χ3n) is 4.99. The Kier molecular flexibility index (Phi) is 5.87. The summed E-state index contributed by atoms with van der Waals surface area (Å²) in [5, 5.41) is 3.78. The first-order valence-electron chi connectivity index (χ1n) is 8.78. The van der Waals surface area contributed by atoms with E-state index in [1.54, 1.807) is 0 Å². The molecule has 1 heteroatoms. The van der Waals surface area contributed by atoms with Gasteiger partial charge in [0.2, 0.25) is 0 Å². The van der Waals surface area contributed by atoms with Crippen LogP contribution in [0.1, 0.15) is 56.7 Å². The predicted molar refractivity (Wildman–Crippen MR) is 92.8 cm³/mol. The average Bonchev–Trinajstić information content (AvgIpc) is 2.35. The van der Waals surface area contributed by atoms with Gasteiger partial charge in [-0.05, 0) is 69.4 Å².